The van der Waals surface area contributed by atoms with Crippen LogP contribution in [0.5, 0.6) is 5.75 Å². The summed E-state index contributed by atoms with van der Waals surface area (Å²) in [6.45, 7) is 6.65. The molecule has 0 radical (unpaired) electrons. The molecule has 16 heavy (non-hydrogen) atoms. The van der Waals surface area contributed by atoms with E-state index in [0.717, 1.165) is 11.1 Å². The fraction of sp³-hybridized carbons (Fsp3) is 0.231. The van der Waals surface area contributed by atoms with Crippen molar-refractivity contribution in [3.05, 3.63) is 47.0 Å². The second-order valence-electron chi connectivity index (χ2n) is 3.54. The molecule has 0 aromatic heterocycles. The van der Waals surface area contributed by atoms with Gasteiger partial charge in [-0.05, 0) is 24.1 Å². The number of hydrogen-bond donors (Lipinski definition) is 1. The average molecular weight is 238 g/mol. The van der Waals surface area contributed by atoms with Gasteiger partial charge >= 0.3 is 0 Å². The Balaban J connectivity index is 2.86. The molecule has 0 atom stereocenters. The molecular formula is C13H16ClNO. The molecule has 1 aromatic rings. The van der Waals surface area contributed by atoms with Crippen molar-refractivity contribution in [2.75, 3.05) is 13.2 Å². The Bertz CT molecular complexity index is 399. The van der Waals surface area contributed by atoms with Crippen LogP contribution >= 0.6 is 11.6 Å². The maximum Gasteiger partial charge on any atom is 0.138 e. The molecule has 0 bridgehead atoms. The average Bonchev–Trinajstić information content (AvgIpc) is 2.26. The molecule has 0 amide bonds. The molecule has 0 aliphatic rings. The zero-order valence-electron chi connectivity index (χ0n) is 9.37. The van der Waals surface area contributed by atoms with E-state index in [2.05, 4.69) is 6.58 Å². The molecule has 1 rings (SSSR count). The summed E-state index contributed by atoms with van der Waals surface area (Å²) in [6.07, 6.45) is 3.74. The third kappa shape index (κ3) is 3.72. The molecule has 0 aliphatic heterocycles. The summed E-state index contributed by atoms with van der Waals surface area (Å²) in [4.78, 5) is 0. The van der Waals surface area contributed by atoms with Gasteiger partial charge in [0.25, 0.3) is 0 Å². The Labute approximate surface area is 101 Å². The normalized spacial score (nSPS) is 10.7. The number of nitrogens with two attached hydrogens (primary N) is 1. The quantitative estimate of drug-likeness (QED) is 0.798. The second-order valence-corrected chi connectivity index (χ2v) is 3.92. The van der Waals surface area contributed by atoms with Gasteiger partial charge in [-0.2, -0.15) is 0 Å². The smallest absolute Gasteiger partial charge is 0.138 e. The summed E-state index contributed by atoms with van der Waals surface area (Å²) < 4.78 is 5.52. The first kappa shape index (κ1) is 12.8. The van der Waals surface area contributed by atoms with Gasteiger partial charge in [-0.25, -0.2) is 0 Å². The van der Waals surface area contributed by atoms with Crippen LogP contribution in [0.15, 0.2) is 36.4 Å². The molecule has 0 unspecified atom stereocenters. The van der Waals surface area contributed by atoms with Gasteiger partial charge in [0.1, 0.15) is 12.4 Å². The van der Waals surface area contributed by atoms with E-state index in [1.165, 1.54) is 0 Å². The monoisotopic (exact) mass is 237 g/mol. The molecule has 86 valence electrons. The SMILES string of the molecule is C=C(C)COc1cccc(/C=C/CN)c1Cl. The van der Waals surface area contributed by atoms with Crippen LogP contribution in [0.25, 0.3) is 6.08 Å². The maximum atomic E-state index is 6.18. The standard InChI is InChI=1S/C13H16ClNO/c1-10(2)9-16-12-7-3-5-11(13(12)14)6-4-8-15/h3-7H,1,8-9,15H2,2H3/b6-4+. The van der Waals surface area contributed by atoms with Gasteiger partial charge in [0.2, 0.25) is 0 Å². The van der Waals surface area contributed by atoms with Crippen LogP contribution in [0.3, 0.4) is 0 Å². The van der Waals surface area contributed by atoms with Crippen molar-refractivity contribution in [2.24, 2.45) is 5.73 Å². The molecule has 0 spiro atoms. The van der Waals surface area contributed by atoms with Crippen LogP contribution in [0.4, 0.5) is 0 Å². The Hall–Kier alpha value is -1.25. The summed E-state index contributed by atoms with van der Waals surface area (Å²) in [5.74, 6) is 0.670. The van der Waals surface area contributed by atoms with E-state index < -0.39 is 0 Å². The Morgan fingerprint density at radius 3 is 2.94 bits per heavy atom. The van der Waals surface area contributed by atoms with Gasteiger partial charge in [-0.15, -0.1) is 0 Å². The van der Waals surface area contributed by atoms with Crippen molar-refractivity contribution in [3.8, 4) is 5.75 Å². The lowest BCUT2D eigenvalue weighted by molar-refractivity contribution is 0.353. The zero-order valence-corrected chi connectivity index (χ0v) is 10.1. The highest BCUT2D eigenvalue weighted by atomic mass is 35.5. The highest BCUT2D eigenvalue weighted by molar-refractivity contribution is 6.33. The molecule has 0 aliphatic carbocycles. The first-order chi connectivity index (χ1) is 7.65. The molecule has 1 aromatic carbocycles. The van der Waals surface area contributed by atoms with E-state index in [4.69, 9.17) is 22.1 Å². The van der Waals surface area contributed by atoms with E-state index in [-0.39, 0.29) is 0 Å². The van der Waals surface area contributed by atoms with E-state index >= 15 is 0 Å². The van der Waals surface area contributed by atoms with E-state index in [1.807, 2.05) is 37.3 Å². The highest BCUT2D eigenvalue weighted by Gasteiger charge is 2.04. The fourth-order valence-electron chi connectivity index (χ4n) is 1.16. The second kappa shape index (κ2) is 6.36. The van der Waals surface area contributed by atoms with E-state index in [0.29, 0.717) is 23.9 Å². The van der Waals surface area contributed by atoms with Crippen LogP contribution in [0.2, 0.25) is 5.02 Å². The minimum atomic E-state index is 0.476. The van der Waals surface area contributed by atoms with Gasteiger partial charge in [0.05, 0.1) is 5.02 Å². The van der Waals surface area contributed by atoms with Crippen LogP contribution in [-0.2, 0) is 0 Å². The first-order valence-corrected chi connectivity index (χ1v) is 5.45. The van der Waals surface area contributed by atoms with Crippen molar-refractivity contribution >= 4 is 17.7 Å². The van der Waals surface area contributed by atoms with Crippen LogP contribution in [0.1, 0.15) is 12.5 Å². The predicted octanol–water partition coefficient (Wildman–Crippen LogP) is 3.27. The Morgan fingerprint density at radius 1 is 1.56 bits per heavy atom. The number of rotatable bonds is 5. The predicted molar refractivity (Wildman–Crippen MR) is 69.8 cm³/mol. The van der Waals surface area contributed by atoms with Crippen molar-refractivity contribution in [2.45, 2.75) is 6.92 Å². The lowest BCUT2D eigenvalue weighted by atomic mass is 10.2. The molecule has 0 saturated heterocycles. The summed E-state index contributed by atoms with van der Waals surface area (Å²) >= 11 is 6.18. The number of halogens is 1. The van der Waals surface area contributed by atoms with Gasteiger partial charge in [0, 0.05) is 6.54 Å². The number of hydrogen-bond acceptors (Lipinski definition) is 2. The van der Waals surface area contributed by atoms with Gasteiger partial charge in [-0.3, -0.25) is 0 Å². The van der Waals surface area contributed by atoms with Gasteiger partial charge < -0.3 is 10.5 Å². The molecule has 3 heteroatoms. The molecule has 0 heterocycles. The van der Waals surface area contributed by atoms with Crippen LogP contribution in [0, 0.1) is 0 Å². The van der Waals surface area contributed by atoms with E-state index in [9.17, 15) is 0 Å². The van der Waals surface area contributed by atoms with Crippen LogP contribution < -0.4 is 10.5 Å². The summed E-state index contributed by atoms with van der Waals surface area (Å²) in [7, 11) is 0. The molecule has 0 fully saturated rings. The largest absolute Gasteiger partial charge is 0.488 e. The third-order valence-corrected chi connectivity index (χ3v) is 2.31. The van der Waals surface area contributed by atoms with Gasteiger partial charge in [-0.1, -0.05) is 42.5 Å². The van der Waals surface area contributed by atoms with Crippen molar-refractivity contribution in [1.82, 2.24) is 0 Å². The molecular weight excluding hydrogens is 222 g/mol. The number of ether oxygens (including phenoxy) is 1. The summed E-state index contributed by atoms with van der Waals surface area (Å²) in [6, 6.07) is 5.66. The molecule has 0 saturated carbocycles. The third-order valence-electron chi connectivity index (χ3n) is 1.90. The van der Waals surface area contributed by atoms with Crippen LogP contribution in [-0.4, -0.2) is 13.2 Å². The first-order valence-electron chi connectivity index (χ1n) is 5.07. The lowest BCUT2D eigenvalue weighted by Crippen LogP contribution is -1.98. The lowest BCUT2D eigenvalue weighted by Gasteiger charge is -2.09. The highest BCUT2D eigenvalue weighted by Crippen LogP contribution is 2.29. The minimum absolute atomic E-state index is 0.476. The Kier molecular flexibility index (Phi) is 5.09. The Morgan fingerprint density at radius 2 is 2.31 bits per heavy atom. The molecule has 2 N–H and O–H groups in total. The van der Waals surface area contributed by atoms with Crippen molar-refractivity contribution in [3.63, 3.8) is 0 Å². The summed E-state index contributed by atoms with van der Waals surface area (Å²) in [5, 5.41) is 0.605. The minimum Gasteiger partial charge on any atom is -0.488 e. The summed E-state index contributed by atoms with van der Waals surface area (Å²) in [5.41, 5.74) is 7.26. The van der Waals surface area contributed by atoms with Crippen molar-refractivity contribution < 1.29 is 4.74 Å². The zero-order chi connectivity index (χ0) is 12.0. The topological polar surface area (TPSA) is 35.2 Å². The van der Waals surface area contributed by atoms with Gasteiger partial charge in [0.15, 0.2) is 0 Å². The van der Waals surface area contributed by atoms with E-state index in [1.54, 1.807) is 0 Å². The molecule has 2 nitrogen and oxygen atoms in total. The number of benzene rings is 1. The fourth-order valence-corrected chi connectivity index (χ4v) is 1.41. The maximum absolute atomic E-state index is 6.18. The van der Waals surface area contributed by atoms with Crippen molar-refractivity contribution in [1.29, 1.82) is 0 Å².